The number of fused-ring (bicyclic) bond motifs is 1. The third-order valence-corrected chi connectivity index (χ3v) is 5.02. The van der Waals surface area contributed by atoms with E-state index in [1.54, 1.807) is 13.1 Å². The molecule has 1 aromatic carbocycles. The van der Waals surface area contributed by atoms with E-state index in [4.69, 9.17) is 19.9 Å². The molecule has 28 heavy (non-hydrogen) atoms. The van der Waals surface area contributed by atoms with Crippen molar-refractivity contribution < 1.29 is 23.8 Å². The Morgan fingerprint density at radius 2 is 1.93 bits per heavy atom. The first-order valence-corrected chi connectivity index (χ1v) is 9.62. The molecular formula is C20H29N3O5. The molecule has 2 heterocycles. The highest BCUT2D eigenvalue weighted by Crippen LogP contribution is 2.41. The van der Waals surface area contributed by atoms with Crippen LogP contribution in [0, 0.1) is 0 Å². The van der Waals surface area contributed by atoms with Gasteiger partial charge < -0.3 is 30.6 Å². The molecule has 0 saturated carbocycles. The van der Waals surface area contributed by atoms with Gasteiger partial charge in [0, 0.05) is 36.6 Å². The number of hydrogen-bond donors (Lipinski definition) is 3. The average molecular weight is 391 g/mol. The van der Waals surface area contributed by atoms with Gasteiger partial charge in [0.1, 0.15) is 5.75 Å². The zero-order valence-electron chi connectivity index (χ0n) is 16.7. The first-order chi connectivity index (χ1) is 13.3. The lowest BCUT2D eigenvalue weighted by molar-refractivity contribution is -0.188. The molecular weight excluding hydrogens is 362 g/mol. The predicted molar refractivity (Wildman–Crippen MR) is 104 cm³/mol. The van der Waals surface area contributed by atoms with Gasteiger partial charge in [0.25, 0.3) is 11.8 Å². The first kappa shape index (κ1) is 20.6. The summed E-state index contributed by atoms with van der Waals surface area (Å²) in [6, 6.07) is 3.33. The van der Waals surface area contributed by atoms with Crippen molar-refractivity contribution in [3.63, 3.8) is 0 Å². The van der Waals surface area contributed by atoms with Crippen LogP contribution in [-0.2, 0) is 14.9 Å². The maximum Gasteiger partial charge on any atom is 0.254 e. The van der Waals surface area contributed by atoms with Gasteiger partial charge in [-0.3, -0.25) is 9.59 Å². The summed E-state index contributed by atoms with van der Waals surface area (Å²) < 4.78 is 16.7. The Balaban J connectivity index is 1.62. The van der Waals surface area contributed by atoms with Gasteiger partial charge in [-0.2, -0.15) is 0 Å². The molecule has 0 radical (unpaired) electrons. The van der Waals surface area contributed by atoms with Crippen molar-refractivity contribution in [3.05, 3.63) is 28.8 Å². The average Bonchev–Trinajstić information content (AvgIpc) is 3.00. The molecule has 1 fully saturated rings. The molecule has 1 aromatic rings. The fourth-order valence-corrected chi connectivity index (χ4v) is 3.35. The molecule has 0 unspecified atom stereocenters. The lowest BCUT2D eigenvalue weighted by Gasteiger charge is -2.27. The van der Waals surface area contributed by atoms with E-state index in [2.05, 4.69) is 10.6 Å². The largest absolute Gasteiger partial charge is 0.492 e. The van der Waals surface area contributed by atoms with E-state index in [9.17, 15) is 9.59 Å². The van der Waals surface area contributed by atoms with Gasteiger partial charge in [-0.15, -0.1) is 0 Å². The minimum absolute atomic E-state index is 0.0708. The zero-order valence-corrected chi connectivity index (χ0v) is 16.7. The molecule has 0 atom stereocenters. The molecule has 3 rings (SSSR count). The van der Waals surface area contributed by atoms with E-state index < -0.39 is 0 Å². The van der Waals surface area contributed by atoms with Gasteiger partial charge in [-0.25, -0.2) is 0 Å². The van der Waals surface area contributed by atoms with Crippen LogP contribution in [-0.4, -0.2) is 57.6 Å². The fourth-order valence-electron chi connectivity index (χ4n) is 3.35. The summed E-state index contributed by atoms with van der Waals surface area (Å²) >= 11 is 0. The highest BCUT2D eigenvalue weighted by atomic mass is 16.7. The van der Waals surface area contributed by atoms with Crippen molar-refractivity contribution >= 4 is 11.8 Å². The van der Waals surface area contributed by atoms with Gasteiger partial charge >= 0.3 is 0 Å². The topological polar surface area (TPSA) is 112 Å². The molecule has 8 nitrogen and oxygen atoms in total. The lowest BCUT2D eigenvalue weighted by Crippen LogP contribution is -2.41. The molecule has 8 heteroatoms. The van der Waals surface area contributed by atoms with Crippen LogP contribution in [0.2, 0.25) is 0 Å². The van der Waals surface area contributed by atoms with E-state index in [0.717, 1.165) is 5.56 Å². The minimum Gasteiger partial charge on any atom is -0.492 e. The summed E-state index contributed by atoms with van der Waals surface area (Å²) in [5, 5.41) is 5.51. The zero-order chi connectivity index (χ0) is 20.3. The number of nitrogens with two attached hydrogens (primary N) is 1. The molecule has 1 saturated heterocycles. The Bertz CT molecular complexity index is 742. The van der Waals surface area contributed by atoms with E-state index in [-0.39, 0.29) is 29.6 Å². The smallest absolute Gasteiger partial charge is 0.254 e. The van der Waals surface area contributed by atoms with Crippen LogP contribution in [0.5, 0.6) is 5.75 Å². The molecule has 2 amide bonds. The Hall–Kier alpha value is -2.16. The van der Waals surface area contributed by atoms with Crippen LogP contribution in [0.15, 0.2) is 12.1 Å². The highest BCUT2D eigenvalue weighted by Gasteiger charge is 2.36. The van der Waals surface area contributed by atoms with E-state index >= 15 is 0 Å². The Morgan fingerprint density at radius 1 is 1.21 bits per heavy atom. The number of carbonyl (C=O) groups excluding carboxylic acids is 2. The van der Waals surface area contributed by atoms with Gasteiger partial charge in [-0.05, 0) is 18.6 Å². The standard InChI is InChI=1S/C20H29N3O5/c1-20(2)11-28-17-14(19(25)22-3)7-12(8-15(17)20)18(24)23-6-4-5-16-26-9-13(21)10-27-16/h7-8,13,16H,4-6,9-11,21H2,1-3H3,(H,22,25)(H,23,24). The molecule has 154 valence electrons. The number of rotatable bonds is 6. The number of amides is 2. The van der Waals surface area contributed by atoms with Crippen LogP contribution >= 0.6 is 0 Å². The monoisotopic (exact) mass is 391 g/mol. The van der Waals surface area contributed by atoms with Gasteiger partial charge in [-0.1, -0.05) is 13.8 Å². The SMILES string of the molecule is CNC(=O)c1cc(C(=O)NCCCC2OCC(N)CO2)cc2c1OCC2(C)C. The van der Waals surface area contributed by atoms with E-state index in [0.29, 0.717) is 56.1 Å². The molecule has 2 aliphatic rings. The van der Waals surface area contributed by atoms with E-state index in [1.165, 1.54) is 0 Å². The number of carbonyl (C=O) groups is 2. The minimum atomic E-state index is -0.270. The van der Waals surface area contributed by atoms with Crippen LogP contribution in [0.1, 0.15) is 53.0 Å². The summed E-state index contributed by atoms with van der Waals surface area (Å²) in [5.41, 5.74) is 7.16. The predicted octanol–water partition coefficient (Wildman–Crippen LogP) is 0.926. The van der Waals surface area contributed by atoms with Crippen molar-refractivity contribution in [1.29, 1.82) is 0 Å². The summed E-state index contributed by atoms with van der Waals surface area (Å²) in [6.07, 6.45) is 1.13. The normalized spacial score (nSPS) is 22.9. The second kappa shape index (κ2) is 8.46. The van der Waals surface area contributed by atoms with Crippen molar-refractivity contribution in [1.82, 2.24) is 10.6 Å². The van der Waals surface area contributed by atoms with Crippen LogP contribution in [0.3, 0.4) is 0 Å². The molecule has 4 N–H and O–H groups in total. The van der Waals surface area contributed by atoms with Crippen molar-refractivity contribution in [2.24, 2.45) is 5.73 Å². The van der Waals surface area contributed by atoms with Crippen molar-refractivity contribution in [2.75, 3.05) is 33.4 Å². The van der Waals surface area contributed by atoms with Crippen LogP contribution in [0.25, 0.3) is 0 Å². The quantitative estimate of drug-likeness (QED) is 0.622. The van der Waals surface area contributed by atoms with Crippen LogP contribution < -0.4 is 21.1 Å². The summed E-state index contributed by atoms with van der Waals surface area (Å²) in [4.78, 5) is 24.9. The summed E-state index contributed by atoms with van der Waals surface area (Å²) in [7, 11) is 1.56. The second-order valence-electron chi connectivity index (χ2n) is 7.91. The van der Waals surface area contributed by atoms with Gasteiger partial charge in [0.05, 0.1) is 31.4 Å². The molecule has 2 aliphatic heterocycles. The number of benzene rings is 1. The van der Waals surface area contributed by atoms with E-state index in [1.807, 2.05) is 19.9 Å². The molecule has 0 aromatic heterocycles. The maximum absolute atomic E-state index is 12.7. The third kappa shape index (κ3) is 4.45. The van der Waals surface area contributed by atoms with Crippen LogP contribution in [0.4, 0.5) is 0 Å². The molecule has 0 bridgehead atoms. The Kier molecular flexibility index (Phi) is 6.22. The van der Waals surface area contributed by atoms with Crippen molar-refractivity contribution in [3.8, 4) is 5.75 Å². The highest BCUT2D eigenvalue weighted by molar-refractivity contribution is 6.02. The molecule has 0 aliphatic carbocycles. The van der Waals surface area contributed by atoms with Crippen molar-refractivity contribution in [2.45, 2.75) is 44.4 Å². The molecule has 0 spiro atoms. The number of ether oxygens (including phenoxy) is 3. The summed E-state index contributed by atoms with van der Waals surface area (Å²) in [5.74, 6) is 0.0715. The maximum atomic E-state index is 12.7. The Morgan fingerprint density at radius 3 is 2.61 bits per heavy atom. The first-order valence-electron chi connectivity index (χ1n) is 9.62. The number of hydrogen-bond acceptors (Lipinski definition) is 6. The van der Waals surface area contributed by atoms with Gasteiger partial charge in [0.15, 0.2) is 6.29 Å². The van der Waals surface area contributed by atoms with Gasteiger partial charge in [0.2, 0.25) is 0 Å². The number of nitrogens with one attached hydrogen (secondary N) is 2. The lowest BCUT2D eigenvalue weighted by atomic mass is 9.85. The third-order valence-electron chi connectivity index (χ3n) is 5.02. The Labute approximate surface area is 165 Å². The fraction of sp³-hybridized carbons (Fsp3) is 0.600. The second-order valence-corrected chi connectivity index (χ2v) is 7.91. The summed E-state index contributed by atoms with van der Waals surface area (Å²) in [6.45, 7) is 6.01.